The normalized spacial score (nSPS) is 10.3. The van der Waals surface area contributed by atoms with E-state index < -0.39 is 0 Å². The molecular formula is C18H22N2O2. The van der Waals surface area contributed by atoms with E-state index in [2.05, 4.69) is 24.7 Å². The van der Waals surface area contributed by atoms with Crippen LogP contribution in [0.1, 0.15) is 30.6 Å². The lowest BCUT2D eigenvalue weighted by Gasteiger charge is -2.10. The fraction of sp³-hybridized carbons (Fsp3) is 0.278. The van der Waals surface area contributed by atoms with Gasteiger partial charge in [0.25, 0.3) is 5.91 Å². The summed E-state index contributed by atoms with van der Waals surface area (Å²) in [5, 5.41) is 0. The third-order valence-corrected chi connectivity index (χ3v) is 3.17. The van der Waals surface area contributed by atoms with Crippen molar-refractivity contribution in [2.24, 2.45) is 5.92 Å². The number of ether oxygens (including phenoxy) is 1. The topological polar surface area (TPSA) is 50.4 Å². The van der Waals surface area contributed by atoms with E-state index >= 15 is 0 Å². The van der Waals surface area contributed by atoms with Crippen molar-refractivity contribution < 1.29 is 9.53 Å². The van der Waals surface area contributed by atoms with Gasteiger partial charge in [-0.3, -0.25) is 15.6 Å². The average Bonchev–Trinajstić information content (AvgIpc) is 2.54. The van der Waals surface area contributed by atoms with Gasteiger partial charge >= 0.3 is 0 Å². The number of hydrogen-bond acceptors (Lipinski definition) is 3. The Morgan fingerprint density at radius 1 is 1.05 bits per heavy atom. The summed E-state index contributed by atoms with van der Waals surface area (Å²) in [5.41, 5.74) is 6.96. The summed E-state index contributed by atoms with van der Waals surface area (Å²) < 4.78 is 5.63. The molecule has 0 heterocycles. The number of nitrogens with one attached hydrogen (secondary N) is 2. The Morgan fingerprint density at radius 3 is 2.36 bits per heavy atom. The second kappa shape index (κ2) is 8.08. The van der Waals surface area contributed by atoms with Gasteiger partial charge < -0.3 is 4.74 Å². The SMILES string of the molecule is CC(C)CCOc1ccc(C(=O)NNc2ccccc2)cc1. The van der Waals surface area contributed by atoms with Crippen LogP contribution in [0.15, 0.2) is 54.6 Å². The molecule has 0 saturated carbocycles. The van der Waals surface area contributed by atoms with E-state index in [0.717, 1.165) is 17.9 Å². The molecule has 2 aromatic rings. The van der Waals surface area contributed by atoms with Crippen LogP contribution in [0.25, 0.3) is 0 Å². The highest BCUT2D eigenvalue weighted by Gasteiger charge is 2.05. The summed E-state index contributed by atoms with van der Waals surface area (Å²) in [4.78, 5) is 12.0. The van der Waals surface area contributed by atoms with E-state index in [1.54, 1.807) is 12.1 Å². The van der Waals surface area contributed by atoms with Crippen molar-refractivity contribution in [3.8, 4) is 5.75 Å². The summed E-state index contributed by atoms with van der Waals surface area (Å²) in [7, 11) is 0. The first-order valence-corrected chi connectivity index (χ1v) is 7.49. The number of rotatable bonds is 7. The highest BCUT2D eigenvalue weighted by Crippen LogP contribution is 2.13. The van der Waals surface area contributed by atoms with Crippen LogP contribution < -0.4 is 15.6 Å². The Hall–Kier alpha value is -2.49. The van der Waals surface area contributed by atoms with Gasteiger partial charge in [-0.25, -0.2) is 0 Å². The lowest BCUT2D eigenvalue weighted by atomic mass is 10.1. The van der Waals surface area contributed by atoms with Crippen LogP contribution in [-0.4, -0.2) is 12.5 Å². The van der Waals surface area contributed by atoms with Gasteiger partial charge in [-0.05, 0) is 48.7 Å². The number of carbonyl (C=O) groups is 1. The van der Waals surface area contributed by atoms with E-state index in [9.17, 15) is 4.79 Å². The van der Waals surface area contributed by atoms with Gasteiger partial charge in [0.15, 0.2) is 0 Å². The monoisotopic (exact) mass is 298 g/mol. The Balaban J connectivity index is 1.83. The highest BCUT2D eigenvalue weighted by atomic mass is 16.5. The van der Waals surface area contributed by atoms with Crippen LogP contribution in [0.5, 0.6) is 5.75 Å². The van der Waals surface area contributed by atoms with Crippen molar-refractivity contribution in [2.75, 3.05) is 12.0 Å². The van der Waals surface area contributed by atoms with Crippen LogP contribution in [0, 0.1) is 5.92 Å². The third kappa shape index (κ3) is 5.13. The van der Waals surface area contributed by atoms with E-state index in [0.29, 0.717) is 18.1 Å². The Kier molecular flexibility index (Phi) is 5.83. The lowest BCUT2D eigenvalue weighted by Crippen LogP contribution is -2.29. The summed E-state index contributed by atoms with van der Waals surface area (Å²) >= 11 is 0. The molecule has 116 valence electrons. The lowest BCUT2D eigenvalue weighted by molar-refractivity contribution is 0.0962. The first kappa shape index (κ1) is 15.9. The molecule has 0 radical (unpaired) electrons. The smallest absolute Gasteiger partial charge is 0.269 e. The maximum absolute atomic E-state index is 12.0. The van der Waals surface area contributed by atoms with Crippen molar-refractivity contribution in [3.05, 3.63) is 60.2 Å². The van der Waals surface area contributed by atoms with Crippen LogP contribution in [0.4, 0.5) is 5.69 Å². The maximum atomic E-state index is 12.0. The molecule has 0 saturated heterocycles. The molecule has 0 fully saturated rings. The Bertz CT molecular complexity index is 580. The fourth-order valence-corrected chi connectivity index (χ4v) is 1.84. The molecule has 4 heteroatoms. The number of amides is 1. The molecule has 0 aliphatic carbocycles. The molecule has 2 N–H and O–H groups in total. The number of hydrazine groups is 1. The molecule has 0 spiro atoms. The molecule has 4 nitrogen and oxygen atoms in total. The van der Waals surface area contributed by atoms with E-state index in [1.165, 1.54) is 0 Å². The molecule has 2 rings (SSSR count). The van der Waals surface area contributed by atoms with Gasteiger partial charge in [0, 0.05) is 5.56 Å². The van der Waals surface area contributed by atoms with Crippen molar-refractivity contribution in [2.45, 2.75) is 20.3 Å². The second-order valence-electron chi connectivity index (χ2n) is 5.50. The average molecular weight is 298 g/mol. The number of benzene rings is 2. The predicted molar refractivity (Wildman–Crippen MR) is 88.9 cm³/mol. The molecule has 0 atom stereocenters. The minimum Gasteiger partial charge on any atom is -0.494 e. The predicted octanol–water partition coefficient (Wildman–Crippen LogP) is 3.87. The van der Waals surface area contributed by atoms with E-state index in [4.69, 9.17) is 4.74 Å². The summed E-state index contributed by atoms with van der Waals surface area (Å²) in [5.74, 6) is 1.22. The first-order valence-electron chi connectivity index (χ1n) is 7.49. The molecule has 1 amide bonds. The number of anilines is 1. The third-order valence-electron chi connectivity index (χ3n) is 3.17. The quantitative estimate of drug-likeness (QED) is 0.763. The van der Waals surface area contributed by atoms with Gasteiger partial charge in [-0.15, -0.1) is 0 Å². The zero-order valence-corrected chi connectivity index (χ0v) is 13.0. The van der Waals surface area contributed by atoms with Gasteiger partial charge in [-0.1, -0.05) is 32.0 Å². The highest BCUT2D eigenvalue weighted by molar-refractivity contribution is 5.94. The van der Waals surface area contributed by atoms with E-state index in [-0.39, 0.29) is 5.91 Å². The Labute approximate surface area is 131 Å². The van der Waals surface area contributed by atoms with Crippen LogP contribution >= 0.6 is 0 Å². The van der Waals surface area contributed by atoms with Crippen molar-refractivity contribution in [1.82, 2.24) is 5.43 Å². The number of para-hydroxylation sites is 1. The minimum atomic E-state index is -0.183. The molecule has 22 heavy (non-hydrogen) atoms. The first-order chi connectivity index (χ1) is 10.6. The van der Waals surface area contributed by atoms with Crippen LogP contribution in [-0.2, 0) is 0 Å². The van der Waals surface area contributed by atoms with Gasteiger partial charge in [0.1, 0.15) is 5.75 Å². The molecule has 0 aliphatic heterocycles. The summed E-state index contributed by atoms with van der Waals surface area (Å²) in [6.45, 7) is 5.02. The largest absolute Gasteiger partial charge is 0.494 e. The van der Waals surface area contributed by atoms with E-state index in [1.807, 2.05) is 42.5 Å². The maximum Gasteiger partial charge on any atom is 0.269 e. The minimum absolute atomic E-state index is 0.183. The fourth-order valence-electron chi connectivity index (χ4n) is 1.84. The standard InChI is InChI=1S/C18H22N2O2/c1-14(2)12-13-22-17-10-8-15(9-11-17)18(21)20-19-16-6-4-3-5-7-16/h3-11,14,19H,12-13H2,1-2H3,(H,20,21). The van der Waals surface area contributed by atoms with Gasteiger partial charge in [0.2, 0.25) is 0 Å². The van der Waals surface area contributed by atoms with Gasteiger partial charge in [-0.2, -0.15) is 0 Å². The molecule has 0 bridgehead atoms. The zero-order valence-electron chi connectivity index (χ0n) is 13.0. The van der Waals surface area contributed by atoms with Crippen molar-refractivity contribution in [3.63, 3.8) is 0 Å². The molecule has 0 aliphatic rings. The summed E-state index contributed by atoms with van der Waals surface area (Å²) in [6, 6.07) is 16.6. The second-order valence-corrected chi connectivity index (χ2v) is 5.50. The molecule has 2 aromatic carbocycles. The zero-order chi connectivity index (χ0) is 15.8. The Morgan fingerprint density at radius 2 is 1.73 bits per heavy atom. The summed E-state index contributed by atoms with van der Waals surface area (Å²) in [6.07, 6.45) is 1.02. The molecule has 0 unspecified atom stereocenters. The van der Waals surface area contributed by atoms with Crippen molar-refractivity contribution >= 4 is 11.6 Å². The molecule has 0 aromatic heterocycles. The van der Waals surface area contributed by atoms with Crippen molar-refractivity contribution in [1.29, 1.82) is 0 Å². The van der Waals surface area contributed by atoms with Gasteiger partial charge in [0.05, 0.1) is 12.3 Å². The number of carbonyl (C=O) groups excluding carboxylic acids is 1. The number of hydrogen-bond donors (Lipinski definition) is 2. The van der Waals surface area contributed by atoms with Crippen LogP contribution in [0.2, 0.25) is 0 Å². The molecular weight excluding hydrogens is 276 g/mol. The van der Waals surface area contributed by atoms with Crippen LogP contribution in [0.3, 0.4) is 0 Å².